The monoisotopic (exact) mass is 342 g/mol. The Labute approximate surface area is 139 Å². The van der Waals surface area contributed by atoms with Gasteiger partial charge in [-0.25, -0.2) is 0 Å². The largest absolute Gasteiger partial charge is 0.496 e. The first kappa shape index (κ1) is 16.1. The summed E-state index contributed by atoms with van der Waals surface area (Å²) < 4.78 is 36.3. The van der Waals surface area contributed by atoms with Gasteiger partial charge >= 0.3 is 0 Å². The van der Waals surface area contributed by atoms with Gasteiger partial charge < -0.3 is 4.74 Å². The van der Waals surface area contributed by atoms with Gasteiger partial charge in [0.25, 0.3) is 10.1 Å². The topological polar surface area (TPSA) is 88.3 Å². The van der Waals surface area contributed by atoms with E-state index in [1.165, 1.54) is 24.3 Å². The van der Waals surface area contributed by atoms with Crippen LogP contribution in [0, 0.1) is 0 Å². The highest BCUT2D eigenvalue weighted by Crippen LogP contribution is 2.33. The van der Waals surface area contributed by atoms with Crippen LogP contribution in [0.2, 0.25) is 0 Å². The molecular weight excluding hydrogens is 328 g/mol. The third-order valence-electron chi connectivity index (χ3n) is 3.49. The van der Waals surface area contributed by atoms with Crippen molar-refractivity contribution < 1.29 is 17.7 Å². The second-order valence-electron chi connectivity index (χ2n) is 5.00. The quantitative estimate of drug-likeness (QED) is 0.558. The molecule has 0 radical (unpaired) electrons. The molecule has 0 unspecified atom stereocenters. The number of nitrogens with zero attached hydrogens (tertiary/aromatic N) is 2. The molecule has 0 spiro atoms. The number of rotatable bonds is 4. The zero-order chi connectivity index (χ0) is 17.2. The van der Waals surface area contributed by atoms with E-state index in [2.05, 4.69) is 10.2 Å². The van der Waals surface area contributed by atoms with E-state index in [9.17, 15) is 8.42 Å². The van der Waals surface area contributed by atoms with Crippen LogP contribution in [0.1, 0.15) is 0 Å². The number of ether oxygens (including phenoxy) is 1. The minimum absolute atomic E-state index is 0.184. The standard InChI is InChI=1S/C17H14N2O4S/c1-23-17-11-10-16(14-4-2-3-5-15(14)17)19-18-12-6-8-13(9-7-12)24(20,21)22/h2-11H,1H3,(H,20,21,22). The number of fused-ring (bicyclic) bond motifs is 1. The molecule has 0 aliphatic rings. The van der Waals surface area contributed by atoms with E-state index in [-0.39, 0.29) is 4.90 Å². The molecule has 0 aliphatic carbocycles. The lowest BCUT2D eigenvalue weighted by atomic mass is 10.1. The van der Waals surface area contributed by atoms with E-state index >= 15 is 0 Å². The molecule has 3 aromatic carbocycles. The lowest BCUT2D eigenvalue weighted by molar-refractivity contribution is 0.420. The number of azo groups is 1. The molecule has 6 nitrogen and oxygen atoms in total. The van der Waals surface area contributed by atoms with Crippen molar-refractivity contribution >= 4 is 32.3 Å². The summed E-state index contributed by atoms with van der Waals surface area (Å²) in [6.07, 6.45) is 0. The maximum absolute atomic E-state index is 11.0. The van der Waals surface area contributed by atoms with E-state index in [1.54, 1.807) is 13.2 Å². The summed E-state index contributed by atoms with van der Waals surface area (Å²) in [7, 11) is -2.60. The molecule has 24 heavy (non-hydrogen) atoms. The van der Waals surface area contributed by atoms with Crippen molar-refractivity contribution in [1.82, 2.24) is 0 Å². The van der Waals surface area contributed by atoms with Gasteiger partial charge in [-0.05, 0) is 36.4 Å². The summed E-state index contributed by atoms with van der Waals surface area (Å²) in [4.78, 5) is -0.184. The van der Waals surface area contributed by atoms with Gasteiger partial charge in [0.05, 0.1) is 23.4 Å². The van der Waals surface area contributed by atoms with Crippen LogP contribution in [0.4, 0.5) is 11.4 Å². The van der Waals surface area contributed by atoms with Gasteiger partial charge in [0.1, 0.15) is 5.75 Å². The first-order chi connectivity index (χ1) is 11.5. The maximum Gasteiger partial charge on any atom is 0.294 e. The predicted octanol–water partition coefficient (Wildman–Crippen LogP) is 4.51. The van der Waals surface area contributed by atoms with Gasteiger partial charge in [-0.2, -0.15) is 13.5 Å². The van der Waals surface area contributed by atoms with Gasteiger partial charge in [0.15, 0.2) is 0 Å². The molecule has 0 saturated heterocycles. The Balaban J connectivity index is 1.97. The predicted molar refractivity (Wildman–Crippen MR) is 90.9 cm³/mol. The van der Waals surface area contributed by atoms with Gasteiger partial charge in [0.2, 0.25) is 0 Å². The van der Waals surface area contributed by atoms with Crippen LogP contribution >= 0.6 is 0 Å². The number of hydrogen-bond donors (Lipinski definition) is 1. The average Bonchev–Trinajstić information content (AvgIpc) is 2.59. The molecule has 122 valence electrons. The first-order valence-corrected chi connectivity index (χ1v) is 8.48. The van der Waals surface area contributed by atoms with Crippen LogP contribution in [0.5, 0.6) is 5.75 Å². The zero-order valence-electron chi connectivity index (χ0n) is 12.7. The Morgan fingerprint density at radius 1 is 0.875 bits per heavy atom. The van der Waals surface area contributed by atoms with Gasteiger partial charge in [-0.1, -0.05) is 24.3 Å². The van der Waals surface area contributed by atoms with E-state index in [0.717, 1.165) is 16.5 Å². The van der Waals surface area contributed by atoms with E-state index in [1.807, 2.05) is 30.3 Å². The summed E-state index contributed by atoms with van der Waals surface area (Å²) in [5.74, 6) is 0.752. The number of hydrogen-bond acceptors (Lipinski definition) is 5. The Morgan fingerprint density at radius 2 is 1.54 bits per heavy atom. The van der Waals surface area contributed by atoms with Gasteiger partial charge in [-0.15, -0.1) is 5.11 Å². The lowest BCUT2D eigenvalue weighted by Crippen LogP contribution is -1.96. The number of benzene rings is 3. The maximum atomic E-state index is 11.0. The molecule has 0 saturated carbocycles. The minimum Gasteiger partial charge on any atom is -0.496 e. The summed E-state index contributed by atoms with van der Waals surface area (Å²) in [5.41, 5.74) is 1.15. The molecular formula is C17H14N2O4S. The van der Waals surface area contributed by atoms with Crippen molar-refractivity contribution in [2.24, 2.45) is 10.2 Å². The van der Waals surface area contributed by atoms with E-state index in [0.29, 0.717) is 11.4 Å². The molecule has 3 aromatic rings. The van der Waals surface area contributed by atoms with Gasteiger partial charge in [0, 0.05) is 10.8 Å². The first-order valence-electron chi connectivity index (χ1n) is 7.04. The summed E-state index contributed by atoms with van der Waals surface area (Å²) >= 11 is 0. The summed E-state index contributed by atoms with van der Waals surface area (Å²) in [6.45, 7) is 0. The smallest absolute Gasteiger partial charge is 0.294 e. The third kappa shape index (κ3) is 3.27. The SMILES string of the molecule is COc1ccc(N=Nc2ccc(S(=O)(=O)O)cc2)c2ccccc12. The highest BCUT2D eigenvalue weighted by atomic mass is 32.2. The Morgan fingerprint density at radius 3 is 2.17 bits per heavy atom. The Hall–Kier alpha value is -2.77. The molecule has 0 aliphatic heterocycles. The molecule has 0 amide bonds. The van der Waals surface area contributed by atoms with Gasteiger partial charge in [-0.3, -0.25) is 4.55 Å². The molecule has 0 bridgehead atoms. The van der Waals surface area contributed by atoms with Crippen molar-refractivity contribution in [3.63, 3.8) is 0 Å². The Kier molecular flexibility index (Phi) is 4.28. The van der Waals surface area contributed by atoms with Crippen LogP contribution in [0.25, 0.3) is 10.8 Å². The fraction of sp³-hybridized carbons (Fsp3) is 0.0588. The van der Waals surface area contributed by atoms with Crippen molar-refractivity contribution in [3.8, 4) is 5.75 Å². The summed E-state index contributed by atoms with van der Waals surface area (Å²) in [5, 5.41) is 10.2. The van der Waals surface area contributed by atoms with E-state index < -0.39 is 10.1 Å². The second-order valence-corrected chi connectivity index (χ2v) is 6.42. The fourth-order valence-corrected chi connectivity index (χ4v) is 2.80. The fourth-order valence-electron chi connectivity index (χ4n) is 2.32. The molecule has 0 fully saturated rings. The van der Waals surface area contributed by atoms with Crippen LogP contribution in [-0.2, 0) is 10.1 Å². The van der Waals surface area contributed by atoms with Crippen LogP contribution in [0.15, 0.2) is 75.8 Å². The zero-order valence-corrected chi connectivity index (χ0v) is 13.6. The molecule has 3 rings (SSSR count). The van der Waals surface area contributed by atoms with Crippen molar-refractivity contribution in [3.05, 3.63) is 60.7 Å². The second kappa shape index (κ2) is 6.38. The van der Waals surface area contributed by atoms with Crippen LogP contribution in [-0.4, -0.2) is 20.1 Å². The van der Waals surface area contributed by atoms with Crippen molar-refractivity contribution in [2.45, 2.75) is 4.90 Å². The minimum atomic E-state index is -4.21. The van der Waals surface area contributed by atoms with Crippen molar-refractivity contribution in [2.75, 3.05) is 7.11 Å². The molecule has 0 aromatic heterocycles. The Bertz CT molecular complexity index is 1010. The lowest BCUT2D eigenvalue weighted by Gasteiger charge is -2.06. The molecule has 0 heterocycles. The molecule has 7 heteroatoms. The molecule has 0 atom stereocenters. The molecule has 1 N–H and O–H groups in total. The highest BCUT2D eigenvalue weighted by molar-refractivity contribution is 7.85. The van der Waals surface area contributed by atoms with Crippen LogP contribution in [0.3, 0.4) is 0 Å². The normalized spacial score (nSPS) is 11.9. The third-order valence-corrected chi connectivity index (χ3v) is 4.36. The summed E-state index contributed by atoms with van der Waals surface area (Å²) in [6, 6.07) is 16.8. The van der Waals surface area contributed by atoms with Crippen molar-refractivity contribution in [1.29, 1.82) is 0 Å². The van der Waals surface area contributed by atoms with Crippen LogP contribution < -0.4 is 4.74 Å². The van der Waals surface area contributed by atoms with E-state index in [4.69, 9.17) is 9.29 Å². The number of methoxy groups -OCH3 is 1. The average molecular weight is 342 g/mol. The highest BCUT2D eigenvalue weighted by Gasteiger charge is 2.08.